The monoisotopic (exact) mass is 268 g/mol. The molecule has 1 aromatic carbocycles. The van der Waals surface area contributed by atoms with Crippen LogP contribution in [0.3, 0.4) is 0 Å². The van der Waals surface area contributed by atoms with Crippen molar-refractivity contribution in [1.29, 1.82) is 0 Å². The minimum atomic E-state index is -1.01. The quantitative estimate of drug-likeness (QED) is 0.838. The molecule has 0 aliphatic heterocycles. The van der Waals surface area contributed by atoms with Gasteiger partial charge in [-0.2, -0.15) is 0 Å². The van der Waals surface area contributed by atoms with Crippen LogP contribution in [0.25, 0.3) is 0 Å². The molecular weight excluding hydrogens is 252 g/mol. The zero-order valence-corrected chi connectivity index (χ0v) is 10.9. The van der Waals surface area contributed by atoms with Gasteiger partial charge in [-0.15, -0.1) is 0 Å². The molecule has 1 N–H and O–H groups in total. The molecule has 0 aromatic heterocycles. The van der Waals surface area contributed by atoms with Gasteiger partial charge in [0.2, 0.25) is 0 Å². The summed E-state index contributed by atoms with van der Waals surface area (Å²) in [6.07, 6.45) is 7.32. The number of benzene rings is 1. The van der Waals surface area contributed by atoms with E-state index in [1.807, 2.05) is 0 Å². The van der Waals surface area contributed by atoms with Crippen molar-refractivity contribution in [2.45, 2.75) is 44.6 Å². The van der Waals surface area contributed by atoms with Gasteiger partial charge in [-0.05, 0) is 43.9 Å². The number of carboxylic acid groups (broad SMARTS) is 1. The molecule has 0 unspecified atom stereocenters. The molecule has 1 saturated carbocycles. The molecule has 2 rings (SSSR count). The Balaban J connectivity index is 2.05. The molecule has 0 spiro atoms. The summed E-state index contributed by atoms with van der Waals surface area (Å²) in [5, 5.41) is 9.12. The van der Waals surface area contributed by atoms with E-state index in [-0.39, 0.29) is 16.7 Å². The molecule has 18 heavy (non-hydrogen) atoms. The highest BCUT2D eigenvalue weighted by Crippen LogP contribution is 2.26. The third kappa shape index (κ3) is 3.39. The highest BCUT2D eigenvalue weighted by atomic mass is 35.5. The molecule has 0 heterocycles. The van der Waals surface area contributed by atoms with Gasteiger partial charge in [-0.3, -0.25) is 0 Å². The van der Waals surface area contributed by atoms with Crippen molar-refractivity contribution in [3.05, 3.63) is 28.8 Å². The smallest absolute Gasteiger partial charge is 0.337 e. The standard InChI is InChI=1S/C14H17ClO3/c15-13-9-11(7-8-12(13)14(16)17)18-10-5-3-1-2-4-6-10/h7-10H,1-6H2,(H,16,17). The van der Waals surface area contributed by atoms with Crippen molar-refractivity contribution in [2.24, 2.45) is 0 Å². The van der Waals surface area contributed by atoms with E-state index in [4.69, 9.17) is 21.4 Å². The molecule has 3 nitrogen and oxygen atoms in total. The highest BCUT2D eigenvalue weighted by Gasteiger charge is 2.15. The fraction of sp³-hybridized carbons (Fsp3) is 0.500. The zero-order chi connectivity index (χ0) is 13.0. The van der Waals surface area contributed by atoms with Crippen LogP contribution in [0.1, 0.15) is 48.9 Å². The molecule has 98 valence electrons. The van der Waals surface area contributed by atoms with E-state index in [0.717, 1.165) is 12.8 Å². The van der Waals surface area contributed by atoms with Crippen molar-refractivity contribution < 1.29 is 14.6 Å². The van der Waals surface area contributed by atoms with Crippen molar-refractivity contribution in [1.82, 2.24) is 0 Å². The first-order valence-corrected chi connectivity index (χ1v) is 6.74. The Morgan fingerprint density at radius 1 is 1.22 bits per heavy atom. The molecule has 0 saturated heterocycles. The van der Waals surface area contributed by atoms with Crippen LogP contribution in [-0.2, 0) is 0 Å². The van der Waals surface area contributed by atoms with Gasteiger partial charge in [0, 0.05) is 0 Å². The molecule has 0 radical (unpaired) electrons. The zero-order valence-electron chi connectivity index (χ0n) is 10.2. The molecule has 0 bridgehead atoms. The van der Waals surface area contributed by atoms with Crippen LogP contribution in [0, 0.1) is 0 Å². The fourth-order valence-electron chi connectivity index (χ4n) is 2.29. The summed E-state index contributed by atoms with van der Waals surface area (Å²) < 4.78 is 5.87. The van der Waals surface area contributed by atoms with Gasteiger partial charge in [0.1, 0.15) is 5.75 Å². The lowest BCUT2D eigenvalue weighted by atomic mass is 10.1. The minimum absolute atomic E-state index is 0.116. The summed E-state index contributed by atoms with van der Waals surface area (Å²) in [6.45, 7) is 0. The van der Waals surface area contributed by atoms with Gasteiger partial charge in [-0.1, -0.05) is 24.4 Å². The van der Waals surface area contributed by atoms with E-state index in [1.165, 1.54) is 31.7 Å². The van der Waals surface area contributed by atoms with Crippen LogP contribution in [-0.4, -0.2) is 17.2 Å². The lowest BCUT2D eigenvalue weighted by Crippen LogP contribution is -2.15. The first-order chi connectivity index (χ1) is 8.66. The van der Waals surface area contributed by atoms with E-state index in [0.29, 0.717) is 5.75 Å². The number of hydrogen-bond donors (Lipinski definition) is 1. The van der Waals surface area contributed by atoms with Crippen molar-refractivity contribution in [3.8, 4) is 5.75 Å². The van der Waals surface area contributed by atoms with Crippen molar-refractivity contribution in [3.63, 3.8) is 0 Å². The van der Waals surface area contributed by atoms with E-state index in [9.17, 15) is 4.79 Å². The van der Waals surface area contributed by atoms with Crippen molar-refractivity contribution in [2.75, 3.05) is 0 Å². The Morgan fingerprint density at radius 3 is 2.44 bits per heavy atom. The number of rotatable bonds is 3. The number of carboxylic acids is 1. The second kappa shape index (κ2) is 6.10. The van der Waals surface area contributed by atoms with Gasteiger partial charge in [0.15, 0.2) is 0 Å². The van der Waals surface area contributed by atoms with Gasteiger partial charge in [-0.25, -0.2) is 4.79 Å². The number of ether oxygens (including phenoxy) is 1. The van der Waals surface area contributed by atoms with Crippen molar-refractivity contribution >= 4 is 17.6 Å². The van der Waals surface area contributed by atoms with E-state index in [2.05, 4.69) is 0 Å². The van der Waals surface area contributed by atoms with Gasteiger partial charge in [0.05, 0.1) is 16.7 Å². The maximum Gasteiger partial charge on any atom is 0.337 e. The molecule has 1 aromatic rings. The molecule has 1 aliphatic carbocycles. The Morgan fingerprint density at radius 2 is 1.89 bits per heavy atom. The number of carbonyl (C=O) groups is 1. The molecule has 0 amide bonds. The summed E-state index contributed by atoms with van der Waals surface area (Å²) in [5.41, 5.74) is 0.116. The lowest BCUT2D eigenvalue weighted by molar-refractivity contribution is 0.0697. The third-order valence-corrected chi connectivity index (χ3v) is 3.59. The van der Waals surface area contributed by atoms with Gasteiger partial charge < -0.3 is 9.84 Å². The number of halogens is 1. The largest absolute Gasteiger partial charge is 0.490 e. The predicted molar refractivity (Wildman–Crippen MR) is 70.5 cm³/mol. The van der Waals surface area contributed by atoms with Crippen LogP contribution in [0.15, 0.2) is 18.2 Å². The van der Waals surface area contributed by atoms with E-state index in [1.54, 1.807) is 12.1 Å². The highest BCUT2D eigenvalue weighted by molar-refractivity contribution is 6.33. The summed E-state index contributed by atoms with van der Waals surface area (Å²) in [6, 6.07) is 4.77. The predicted octanol–water partition coefficient (Wildman–Crippen LogP) is 4.14. The summed E-state index contributed by atoms with van der Waals surface area (Å²) in [7, 11) is 0. The summed E-state index contributed by atoms with van der Waals surface area (Å²) in [5.74, 6) is -0.349. The summed E-state index contributed by atoms with van der Waals surface area (Å²) >= 11 is 5.91. The molecular formula is C14H17ClO3. The number of aromatic carboxylic acids is 1. The van der Waals surface area contributed by atoms with Crippen LogP contribution < -0.4 is 4.74 Å². The van der Waals surface area contributed by atoms with E-state index >= 15 is 0 Å². The molecule has 1 fully saturated rings. The SMILES string of the molecule is O=C(O)c1ccc(OC2CCCCCC2)cc1Cl. The van der Waals surface area contributed by atoms with Gasteiger partial charge in [0.25, 0.3) is 0 Å². The third-order valence-electron chi connectivity index (χ3n) is 3.28. The van der Waals surface area contributed by atoms with Crippen LogP contribution >= 0.6 is 11.6 Å². The van der Waals surface area contributed by atoms with Gasteiger partial charge >= 0.3 is 5.97 Å². The second-order valence-electron chi connectivity index (χ2n) is 4.68. The minimum Gasteiger partial charge on any atom is -0.490 e. The maximum atomic E-state index is 10.8. The molecule has 1 aliphatic rings. The second-order valence-corrected chi connectivity index (χ2v) is 5.09. The average Bonchev–Trinajstić information content (AvgIpc) is 2.57. The Labute approximate surface area is 112 Å². The average molecular weight is 269 g/mol. The normalized spacial score (nSPS) is 17.2. The van der Waals surface area contributed by atoms with Crippen LogP contribution in [0.2, 0.25) is 5.02 Å². The lowest BCUT2D eigenvalue weighted by Gasteiger charge is -2.17. The Hall–Kier alpha value is -1.22. The topological polar surface area (TPSA) is 46.5 Å². The van der Waals surface area contributed by atoms with Crippen LogP contribution in [0.4, 0.5) is 0 Å². The van der Waals surface area contributed by atoms with E-state index < -0.39 is 5.97 Å². The molecule has 0 atom stereocenters. The summed E-state index contributed by atoms with van der Waals surface area (Å²) in [4.78, 5) is 10.8. The first kappa shape index (κ1) is 13.2. The fourth-order valence-corrected chi connectivity index (χ4v) is 2.55. The Kier molecular flexibility index (Phi) is 4.48. The Bertz CT molecular complexity index is 423. The number of hydrogen-bond acceptors (Lipinski definition) is 2. The van der Waals surface area contributed by atoms with Crippen LogP contribution in [0.5, 0.6) is 5.75 Å². The first-order valence-electron chi connectivity index (χ1n) is 6.36. The molecule has 4 heteroatoms. The maximum absolute atomic E-state index is 10.8.